The average Bonchev–Trinajstić information content (AvgIpc) is 3.85. The minimum Gasteiger partial charge on any atom is -0.455 e. The predicted octanol–water partition coefficient (Wildman–Crippen LogP) is 15.6. The van der Waals surface area contributed by atoms with Gasteiger partial charge in [0.2, 0.25) is 0 Å². The van der Waals surface area contributed by atoms with Crippen LogP contribution in [0.5, 0.6) is 0 Å². The van der Waals surface area contributed by atoms with E-state index in [2.05, 4.69) is 188 Å². The number of fused-ring (bicyclic) bond motifs is 10. The molecule has 56 heavy (non-hydrogen) atoms. The summed E-state index contributed by atoms with van der Waals surface area (Å²) in [7, 11) is 0. The second-order valence-electron chi connectivity index (χ2n) is 14.7. The molecule has 2 heterocycles. The fourth-order valence-electron chi connectivity index (χ4n) is 9.32. The lowest BCUT2D eigenvalue weighted by Gasteiger charge is -2.20. The first-order valence-electron chi connectivity index (χ1n) is 19.2. The van der Waals surface area contributed by atoms with Gasteiger partial charge >= 0.3 is 0 Å². The van der Waals surface area contributed by atoms with E-state index in [-0.39, 0.29) is 0 Å². The summed E-state index contributed by atoms with van der Waals surface area (Å²) in [5.74, 6) is 0.841. The minimum atomic E-state index is 0.804. The Labute approximate surface area is 322 Å². The number of rotatable bonds is 4. The Balaban J connectivity index is 1.19. The van der Waals surface area contributed by atoms with Crippen LogP contribution in [0, 0.1) is 0 Å². The van der Waals surface area contributed by atoms with Gasteiger partial charge in [0, 0.05) is 21.9 Å². The van der Waals surface area contributed by atoms with Gasteiger partial charge in [0.1, 0.15) is 22.5 Å². The fraction of sp³-hybridized carbons (Fsp3) is 0. The number of furan rings is 2. The molecule has 2 nitrogen and oxygen atoms in total. The van der Waals surface area contributed by atoms with E-state index >= 15 is 0 Å². The van der Waals surface area contributed by atoms with E-state index in [4.69, 9.17) is 8.83 Å². The van der Waals surface area contributed by atoms with E-state index in [1.807, 2.05) is 6.07 Å². The largest absolute Gasteiger partial charge is 0.455 e. The van der Waals surface area contributed by atoms with E-state index in [1.165, 1.54) is 59.8 Å². The first kappa shape index (κ1) is 31.0. The van der Waals surface area contributed by atoms with Crippen LogP contribution in [0.4, 0.5) is 0 Å². The summed E-state index contributed by atoms with van der Waals surface area (Å²) in [5, 5.41) is 13.1. The van der Waals surface area contributed by atoms with Crippen LogP contribution in [0.15, 0.2) is 203 Å². The zero-order valence-electron chi connectivity index (χ0n) is 30.3. The monoisotopic (exact) mass is 712 g/mol. The van der Waals surface area contributed by atoms with E-state index in [0.717, 1.165) is 60.9 Å². The highest BCUT2D eigenvalue weighted by atomic mass is 16.3. The molecule has 0 atom stereocenters. The van der Waals surface area contributed by atoms with Crippen molar-refractivity contribution < 1.29 is 8.83 Å². The Morgan fingerprint density at radius 1 is 0.286 bits per heavy atom. The molecule has 0 spiro atoms. The Bertz CT molecular complexity index is 3460. The van der Waals surface area contributed by atoms with Crippen LogP contribution >= 0.6 is 0 Å². The molecule has 12 aromatic rings. The molecule has 0 bridgehead atoms. The molecule has 0 aliphatic carbocycles. The Kier molecular flexibility index (Phi) is 6.66. The van der Waals surface area contributed by atoms with E-state index in [0.29, 0.717) is 0 Å². The Hall–Kier alpha value is -7.42. The lowest BCUT2D eigenvalue weighted by Crippen LogP contribution is -1.92. The molecule has 0 fully saturated rings. The van der Waals surface area contributed by atoms with Crippen LogP contribution < -0.4 is 0 Å². The van der Waals surface area contributed by atoms with Crippen molar-refractivity contribution in [3.63, 3.8) is 0 Å². The van der Waals surface area contributed by atoms with Crippen LogP contribution in [-0.4, -0.2) is 0 Å². The van der Waals surface area contributed by atoms with Gasteiger partial charge < -0.3 is 8.83 Å². The molecule has 0 amide bonds. The van der Waals surface area contributed by atoms with Crippen LogP contribution in [0.1, 0.15) is 0 Å². The third-order valence-corrected chi connectivity index (χ3v) is 11.7. The van der Waals surface area contributed by atoms with Gasteiger partial charge in [-0.15, -0.1) is 0 Å². The zero-order valence-corrected chi connectivity index (χ0v) is 30.3. The van der Waals surface area contributed by atoms with Gasteiger partial charge in [-0.25, -0.2) is 0 Å². The van der Waals surface area contributed by atoms with Crippen molar-refractivity contribution in [3.05, 3.63) is 194 Å². The summed E-state index contributed by atoms with van der Waals surface area (Å²) in [4.78, 5) is 0. The molecule has 0 aliphatic heterocycles. The lowest BCUT2D eigenvalue weighted by atomic mass is 9.83. The van der Waals surface area contributed by atoms with Crippen molar-refractivity contribution in [1.82, 2.24) is 0 Å². The molecule has 0 saturated heterocycles. The molecule has 0 N–H and O–H groups in total. The van der Waals surface area contributed by atoms with Gasteiger partial charge in [-0.1, -0.05) is 170 Å². The van der Waals surface area contributed by atoms with E-state index in [1.54, 1.807) is 0 Å². The molecular formula is C54H32O2. The summed E-state index contributed by atoms with van der Waals surface area (Å²) >= 11 is 0. The van der Waals surface area contributed by atoms with Crippen molar-refractivity contribution in [2.45, 2.75) is 0 Å². The molecule has 0 unspecified atom stereocenters. The summed E-state index contributed by atoms with van der Waals surface area (Å²) in [5.41, 5.74) is 10.5. The second-order valence-corrected chi connectivity index (χ2v) is 14.7. The van der Waals surface area contributed by atoms with Crippen molar-refractivity contribution in [2.24, 2.45) is 0 Å². The fourth-order valence-corrected chi connectivity index (χ4v) is 9.32. The molecule has 12 rings (SSSR count). The van der Waals surface area contributed by atoms with Gasteiger partial charge in [0.05, 0.1) is 5.39 Å². The van der Waals surface area contributed by atoms with Gasteiger partial charge in [-0.05, 0) is 95.2 Å². The van der Waals surface area contributed by atoms with E-state index in [9.17, 15) is 0 Å². The van der Waals surface area contributed by atoms with E-state index < -0.39 is 0 Å². The first-order chi connectivity index (χ1) is 27.8. The van der Waals surface area contributed by atoms with Crippen molar-refractivity contribution in [3.8, 4) is 44.7 Å². The molecule has 2 aromatic heterocycles. The molecule has 0 aliphatic rings. The molecular weight excluding hydrogens is 681 g/mol. The summed E-state index contributed by atoms with van der Waals surface area (Å²) in [6.45, 7) is 0. The number of benzene rings is 10. The maximum atomic E-state index is 6.99. The highest BCUT2D eigenvalue weighted by Gasteiger charge is 2.25. The summed E-state index contributed by atoms with van der Waals surface area (Å²) < 4.78 is 13.7. The standard InChI is InChI=1S/C54H32O2/c1-3-16-33(17-4-1)48-52-47(55-53(48)34-18-5-2-6-19-34)31-30-44-51-43(28-15-29-46(51)56-54(44)52)49-39-24-11-13-26-41(39)50(42-27-14-12-25-40(42)49)45-32-35-20-7-8-21-36(35)37-22-9-10-23-38(37)45/h1-32H. The lowest BCUT2D eigenvalue weighted by molar-refractivity contribution is 0.631. The molecule has 0 radical (unpaired) electrons. The third kappa shape index (κ3) is 4.44. The highest BCUT2D eigenvalue weighted by Crippen LogP contribution is 2.51. The maximum Gasteiger partial charge on any atom is 0.147 e. The summed E-state index contributed by atoms with van der Waals surface area (Å²) in [6.07, 6.45) is 0. The predicted molar refractivity (Wildman–Crippen MR) is 235 cm³/mol. The third-order valence-electron chi connectivity index (χ3n) is 11.7. The van der Waals surface area contributed by atoms with Crippen molar-refractivity contribution in [2.75, 3.05) is 0 Å². The number of hydrogen-bond donors (Lipinski definition) is 0. The van der Waals surface area contributed by atoms with Gasteiger partial charge in [0.15, 0.2) is 0 Å². The maximum absolute atomic E-state index is 6.99. The zero-order chi connectivity index (χ0) is 36.7. The van der Waals surface area contributed by atoms with Crippen molar-refractivity contribution >= 4 is 76.0 Å². The van der Waals surface area contributed by atoms with Crippen LogP contribution in [0.3, 0.4) is 0 Å². The SMILES string of the molecule is c1ccc(-c2oc3ccc4c(oc5cccc(-c6c7ccccc7c(-c7cc8ccccc8c8ccccc78)c7ccccc67)c54)c3c2-c2ccccc2)cc1. The Morgan fingerprint density at radius 3 is 1.50 bits per heavy atom. The van der Waals surface area contributed by atoms with Gasteiger partial charge in [0.25, 0.3) is 0 Å². The minimum absolute atomic E-state index is 0.804. The second kappa shape index (κ2) is 12.0. The van der Waals surface area contributed by atoms with Gasteiger partial charge in [-0.3, -0.25) is 0 Å². The normalized spacial score (nSPS) is 11.9. The van der Waals surface area contributed by atoms with Crippen LogP contribution in [0.25, 0.3) is 121 Å². The molecule has 2 heteroatoms. The van der Waals surface area contributed by atoms with Gasteiger partial charge in [-0.2, -0.15) is 0 Å². The highest BCUT2D eigenvalue weighted by molar-refractivity contribution is 6.29. The number of hydrogen-bond acceptors (Lipinski definition) is 2. The molecule has 10 aromatic carbocycles. The smallest absolute Gasteiger partial charge is 0.147 e. The first-order valence-corrected chi connectivity index (χ1v) is 19.2. The van der Waals surface area contributed by atoms with Crippen LogP contribution in [-0.2, 0) is 0 Å². The Morgan fingerprint density at radius 2 is 0.821 bits per heavy atom. The topological polar surface area (TPSA) is 26.3 Å². The quantitative estimate of drug-likeness (QED) is 0.134. The van der Waals surface area contributed by atoms with Crippen molar-refractivity contribution in [1.29, 1.82) is 0 Å². The average molecular weight is 713 g/mol. The molecule has 260 valence electrons. The van der Waals surface area contributed by atoms with Crippen LogP contribution in [0.2, 0.25) is 0 Å². The summed E-state index contributed by atoms with van der Waals surface area (Å²) in [6, 6.07) is 69.5. The molecule has 0 saturated carbocycles.